The molecular weight excluding hydrogens is 229 g/mol. The minimum absolute atomic E-state index is 0.0249. The van der Waals surface area contributed by atoms with Crippen LogP contribution in [0.1, 0.15) is 39.0 Å². The number of hydrogen-bond acceptors (Lipinski definition) is 2. The van der Waals surface area contributed by atoms with E-state index < -0.39 is 12.7 Å². The van der Waals surface area contributed by atoms with Gasteiger partial charge in [-0.1, -0.05) is 19.8 Å². The van der Waals surface area contributed by atoms with Crippen LogP contribution in [-0.4, -0.2) is 43.3 Å². The highest BCUT2D eigenvalue weighted by Gasteiger charge is 2.35. The fourth-order valence-corrected chi connectivity index (χ4v) is 2.61. The molecule has 102 valence electrons. The summed E-state index contributed by atoms with van der Waals surface area (Å²) in [6, 6.07) is 0.243. The lowest BCUT2D eigenvalue weighted by Gasteiger charge is -2.38. The topological polar surface area (TPSA) is 15.3 Å². The molecule has 1 saturated carbocycles. The molecule has 0 spiro atoms. The molecular formula is C12H23F3N2. The van der Waals surface area contributed by atoms with Gasteiger partial charge in [0.1, 0.15) is 0 Å². The molecule has 1 N–H and O–H groups in total. The Kier molecular flexibility index (Phi) is 5.73. The van der Waals surface area contributed by atoms with Gasteiger partial charge in [-0.15, -0.1) is 0 Å². The van der Waals surface area contributed by atoms with E-state index in [4.69, 9.17) is 0 Å². The van der Waals surface area contributed by atoms with Gasteiger partial charge >= 0.3 is 6.18 Å². The highest BCUT2D eigenvalue weighted by molar-refractivity contribution is 4.87. The van der Waals surface area contributed by atoms with Crippen molar-refractivity contribution in [1.82, 2.24) is 10.2 Å². The monoisotopic (exact) mass is 252 g/mol. The third-order valence-corrected chi connectivity index (χ3v) is 3.38. The van der Waals surface area contributed by atoms with Gasteiger partial charge in [0.25, 0.3) is 0 Å². The van der Waals surface area contributed by atoms with Crippen molar-refractivity contribution in [3.05, 3.63) is 0 Å². The number of halogens is 3. The Morgan fingerprint density at radius 2 is 1.88 bits per heavy atom. The summed E-state index contributed by atoms with van der Waals surface area (Å²) in [5.74, 6) is 0. The van der Waals surface area contributed by atoms with Crippen molar-refractivity contribution in [2.24, 2.45) is 0 Å². The summed E-state index contributed by atoms with van der Waals surface area (Å²) >= 11 is 0. The van der Waals surface area contributed by atoms with Crippen LogP contribution >= 0.6 is 0 Å². The Labute approximate surface area is 102 Å². The Morgan fingerprint density at radius 3 is 2.47 bits per heavy atom. The van der Waals surface area contributed by atoms with E-state index >= 15 is 0 Å². The van der Waals surface area contributed by atoms with Gasteiger partial charge in [-0.25, -0.2) is 0 Å². The van der Waals surface area contributed by atoms with E-state index in [2.05, 4.69) is 12.2 Å². The lowest BCUT2D eigenvalue weighted by molar-refractivity contribution is -0.149. The van der Waals surface area contributed by atoms with Crippen molar-refractivity contribution in [1.29, 1.82) is 0 Å². The van der Waals surface area contributed by atoms with E-state index in [1.807, 2.05) is 0 Å². The molecule has 0 amide bonds. The molecule has 2 atom stereocenters. The Morgan fingerprint density at radius 1 is 1.24 bits per heavy atom. The van der Waals surface area contributed by atoms with Gasteiger partial charge in [-0.3, -0.25) is 4.90 Å². The van der Waals surface area contributed by atoms with Gasteiger partial charge < -0.3 is 5.32 Å². The van der Waals surface area contributed by atoms with E-state index in [0.717, 1.165) is 38.6 Å². The summed E-state index contributed by atoms with van der Waals surface area (Å²) in [6.45, 7) is 2.16. The summed E-state index contributed by atoms with van der Waals surface area (Å²) < 4.78 is 37.1. The zero-order valence-electron chi connectivity index (χ0n) is 10.7. The van der Waals surface area contributed by atoms with Crippen LogP contribution in [0, 0.1) is 0 Å². The summed E-state index contributed by atoms with van der Waals surface area (Å²) in [6.07, 6.45) is 0.948. The number of alkyl halides is 3. The number of rotatable bonds is 5. The summed E-state index contributed by atoms with van der Waals surface area (Å²) in [7, 11) is 1.59. The van der Waals surface area contributed by atoms with Gasteiger partial charge in [0.2, 0.25) is 0 Å². The van der Waals surface area contributed by atoms with Crippen LogP contribution in [0.5, 0.6) is 0 Å². The molecule has 1 fully saturated rings. The number of likely N-dealkylation sites (N-methyl/N-ethyl adjacent to an activating group) is 1. The number of hydrogen-bond donors (Lipinski definition) is 1. The molecule has 17 heavy (non-hydrogen) atoms. The first-order valence-corrected chi connectivity index (χ1v) is 6.44. The molecule has 2 nitrogen and oxygen atoms in total. The summed E-state index contributed by atoms with van der Waals surface area (Å²) in [5, 5.41) is 3.38. The molecule has 5 heteroatoms. The van der Waals surface area contributed by atoms with Crippen LogP contribution in [0.4, 0.5) is 13.2 Å². The molecule has 0 saturated heterocycles. The fourth-order valence-electron chi connectivity index (χ4n) is 2.61. The van der Waals surface area contributed by atoms with Crippen LogP contribution in [0.25, 0.3) is 0 Å². The predicted octanol–water partition coefficient (Wildman–Crippen LogP) is 2.79. The Balaban J connectivity index is 2.51. The molecule has 1 aliphatic carbocycles. The van der Waals surface area contributed by atoms with Crippen molar-refractivity contribution in [3.63, 3.8) is 0 Å². The Hall–Kier alpha value is -0.290. The maximum absolute atomic E-state index is 12.4. The van der Waals surface area contributed by atoms with E-state index in [1.165, 1.54) is 4.90 Å². The number of nitrogens with one attached hydrogen (secondary N) is 1. The summed E-state index contributed by atoms with van der Waals surface area (Å²) in [4.78, 5) is 1.46. The lowest BCUT2D eigenvalue weighted by Crippen LogP contribution is -2.52. The van der Waals surface area contributed by atoms with E-state index in [-0.39, 0.29) is 12.1 Å². The molecule has 1 rings (SSSR count). The molecule has 2 unspecified atom stereocenters. The maximum Gasteiger partial charge on any atom is 0.401 e. The minimum atomic E-state index is -4.10. The normalized spacial score (nSPS) is 26.5. The van der Waals surface area contributed by atoms with Gasteiger partial charge in [-0.05, 0) is 32.9 Å². The predicted molar refractivity (Wildman–Crippen MR) is 63.0 cm³/mol. The average Bonchev–Trinajstić information content (AvgIpc) is 2.24. The largest absolute Gasteiger partial charge is 0.401 e. The van der Waals surface area contributed by atoms with Crippen LogP contribution in [-0.2, 0) is 0 Å². The first-order chi connectivity index (χ1) is 7.94. The average molecular weight is 252 g/mol. The number of nitrogens with zero attached hydrogens (tertiary/aromatic N) is 1. The SMILES string of the molecule is CCCNC1CCCCC1N(C)CC(F)(F)F. The molecule has 0 aromatic heterocycles. The van der Waals surface area contributed by atoms with E-state index in [0.29, 0.717) is 0 Å². The molecule has 1 aliphatic rings. The highest BCUT2D eigenvalue weighted by Crippen LogP contribution is 2.25. The van der Waals surface area contributed by atoms with E-state index in [1.54, 1.807) is 7.05 Å². The van der Waals surface area contributed by atoms with Crippen molar-refractivity contribution in [2.45, 2.75) is 57.3 Å². The van der Waals surface area contributed by atoms with Crippen molar-refractivity contribution in [3.8, 4) is 0 Å². The standard InChI is InChI=1S/C12H23F3N2/c1-3-8-16-10-6-4-5-7-11(10)17(2)9-12(13,14)15/h10-11,16H,3-9H2,1-2H3. The van der Waals surface area contributed by atoms with Crippen molar-refractivity contribution >= 4 is 0 Å². The van der Waals surface area contributed by atoms with Crippen LogP contribution < -0.4 is 5.32 Å². The quantitative estimate of drug-likeness (QED) is 0.809. The second-order valence-electron chi connectivity index (χ2n) is 4.94. The van der Waals surface area contributed by atoms with Crippen molar-refractivity contribution in [2.75, 3.05) is 20.1 Å². The van der Waals surface area contributed by atoms with Crippen LogP contribution in [0.3, 0.4) is 0 Å². The molecule has 0 radical (unpaired) electrons. The van der Waals surface area contributed by atoms with Crippen LogP contribution in [0.2, 0.25) is 0 Å². The first-order valence-electron chi connectivity index (χ1n) is 6.44. The fraction of sp³-hybridized carbons (Fsp3) is 1.00. The zero-order valence-corrected chi connectivity index (χ0v) is 10.7. The van der Waals surface area contributed by atoms with Gasteiger partial charge in [-0.2, -0.15) is 13.2 Å². The van der Waals surface area contributed by atoms with Gasteiger partial charge in [0, 0.05) is 12.1 Å². The molecule has 0 aromatic rings. The summed E-state index contributed by atoms with van der Waals surface area (Å²) in [5.41, 5.74) is 0. The lowest BCUT2D eigenvalue weighted by atomic mass is 9.89. The van der Waals surface area contributed by atoms with Crippen LogP contribution in [0.15, 0.2) is 0 Å². The maximum atomic E-state index is 12.4. The molecule has 0 aliphatic heterocycles. The second-order valence-corrected chi connectivity index (χ2v) is 4.94. The zero-order chi connectivity index (χ0) is 12.9. The molecule has 0 aromatic carbocycles. The van der Waals surface area contributed by atoms with Crippen molar-refractivity contribution < 1.29 is 13.2 Å². The highest BCUT2D eigenvalue weighted by atomic mass is 19.4. The van der Waals surface area contributed by atoms with Gasteiger partial charge in [0.15, 0.2) is 0 Å². The second kappa shape index (κ2) is 6.59. The first kappa shape index (κ1) is 14.8. The molecule has 0 heterocycles. The van der Waals surface area contributed by atoms with Gasteiger partial charge in [0.05, 0.1) is 6.54 Å². The Bertz CT molecular complexity index is 218. The third kappa shape index (κ3) is 5.25. The third-order valence-electron chi connectivity index (χ3n) is 3.38. The minimum Gasteiger partial charge on any atom is -0.312 e. The molecule has 0 bridgehead atoms. The van der Waals surface area contributed by atoms with E-state index in [9.17, 15) is 13.2 Å². The smallest absolute Gasteiger partial charge is 0.312 e.